The highest BCUT2D eigenvalue weighted by molar-refractivity contribution is 9.11. The number of thiophene rings is 1. The molecule has 0 bridgehead atoms. The first-order valence-electron chi connectivity index (χ1n) is 5.25. The van der Waals surface area contributed by atoms with Crippen molar-refractivity contribution in [1.82, 2.24) is 5.32 Å². The molecule has 2 nitrogen and oxygen atoms in total. The standard InChI is InChI=1S/C12H14BrNOS/c1-3-14-12(9-6-7-15-8(9)2)10-4-5-11(13)16-10/h4-7,12,14H,3H2,1-2H3. The second-order valence-electron chi connectivity index (χ2n) is 3.56. The number of hydrogen-bond acceptors (Lipinski definition) is 3. The first-order valence-corrected chi connectivity index (χ1v) is 6.86. The van der Waals surface area contributed by atoms with Crippen LogP contribution in [0.15, 0.2) is 32.7 Å². The van der Waals surface area contributed by atoms with Crippen LogP contribution >= 0.6 is 27.3 Å². The Morgan fingerprint density at radius 2 is 2.25 bits per heavy atom. The quantitative estimate of drug-likeness (QED) is 0.919. The summed E-state index contributed by atoms with van der Waals surface area (Å²) in [5.74, 6) is 0.982. The fourth-order valence-corrected chi connectivity index (χ4v) is 3.26. The van der Waals surface area contributed by atoms with Gasteiger partial charge in [-0.1, -0.05) is 6.92 Å². The van der Waals surface area contributed by atoms with Crippen molar-refractivity contribution < 1.29 is 4.42 Å². The predicted octanol–water partition coefficient (Wildman–Crippen LogP) is 4.11. The minimum Gasteiger partial charge on any atom is -0.469 e. The number of nitrogens with one attached hydrogen (secondary N) is 1. The maximum atomic E-state index is 5.37. The van der Waals surface area contributed by atoms with E-state index in [1.165, 1.54) is 10.4 Å². The summed E-state index contributed by atoms with van der Waals surface area (Å²) in [4.78, 5) is 1.30. The van der Waals surface area contributed by atoms with Crippen molar-refractivity contribution in [1.29, 1.82) is 0 Å². The van der Waals surface area contributed by atoms with Gasteiger partial charge in [0.05, 0.1) is 16.1 Å². The van der Waals surface area contributed by atoms with Crippen LogP contribution in [0.3, 0.4) is 0 Å². The largest absolute Gasteiger partial charge is 0.469 e. The SMILES string of the molecule is CCNC(c1ccc(Br)s1)c1ccoc1C. The maximum Gasteiger partial charge on any atom is 0.105 e. The van der Waals surface area contributed by atoms with E-state index in [2.05, 4.69) is 40.3 Å². The van der Waals surface area contributed by atoms with E-state index in [1.807, 2.05) is 13.0 Å². The lowest BCUT2D eigenvalue weighted by Crippen LogP contribution is -2.21. The van der Waals surface area contributed by atoms with E-state index in [4.69, 9.17) is 4.42 Å². The van der Waals surface area contributed by atoms with Crippen LogP contribution in [-0.2, 0) is 0 Å². The van der Waals surface area contributed by atoms with Crippen LogP contribution in [0.25, 0.3) is 0 Å². The molecule has 2 aromatic rings. The van der Waals surface area contributed by atoms with Gasteiger partial charge in [0, 0.05) is 10.4 Å². The Kier molecular flexibility index (Phi) is 3.84. The number of halogens is 1. The average molecular weight is 300 g/mol. The molecule has 0 fully saturated rings. The van der Waals surface area contributed by atoms with Crippen LogP contribution in [0.4, 0.5) is 0 Å². The van der Waals surface area contributed by atoms with Gasteiger partial charge < -0.3 is 9.73 Å². The van der Waals surface area contributed by atoms with Crippen molar-refractivity contribution in [3.8, 4) is 0 Å². The zero-order chi connectivity index (χ0) is 11.5. The van der Waals surface area contributed by atoms with Gasteiger partial charge in [-0.25, -0.2) is 0 Å². The van der Waals surface area contributed by atoms with Gasteiger partial charge in [-0.15, -0.1) is 11.3 Å². The number of furan rings is 1. The highest BCUT2D eigenvalue weighted by Gasteiger charge is 2.18. The van der Waals surface area contributed by atoms with Crippen LogP contribution in [0.1, 0.15) is 29.2 Å². The molecule has 0 amide bonds. The van der Waals surface area contributed by atoms with Gasteiger partial charge in [0.2, 0.25) is 0 Å². The molecular weight excluding hydrogens is 286 g/mol. The van der Waals surface area contributed by atoms with Crippen LogP contribution in [-0.4, -0.2) is 6.54 Å². The average Bonchev–Trinajstić information content (AvgIpc) is 2.84. The number of aryl methyl sites for hydroxylation is 1. The molecule has 4 heteroatoms. The van der Waals surface area contributed by atoms with Crippen molar-refractivity contribution in [2.45, 2.75) is 19.9 Å². The van der Waals surface area contributed by atoms with Gasteiger partial charge in [0.25, 0.3) is 0 Å². The third-order valence-corrected chi connectivity index (χ3v) is 4.19. The van der Waals surface area contributed by atoms with E-state index < -0.39 is 0 Å². The molecule has 1 N–H and O–H groups in total. The number of rotatable bonds is 4. The molecule has 2 aromatic heterocycles. The van der Waals surface area contributed by atoms with Gasteiger partial charge in [-0.05, 0) is 47.6 Å². The van der Waals surface area contributed by atoms with Crippen LogP contribution in [0, 0.1) is 6.92 Å². The molecule has 0 saturated carbocycles. The van der Waals surface area contributed by atoms with Crippen LogP contribution < -0.4 is 5.32 Å². The summed E-state index contributed by atoms with van der Waals surface area (Å²) in [5, 5.41) is 3.49. The maximum absolute atomic E-state index is 5.37. The minimum atomic E-state index is 0.236. The highest BCUT2D eigenvalue weighted by atomic mass is 79.9. The van der Waals surface area contributed by atoms with Gasteiger partial charge >= 0.3 is 0 Å². The molecule has 0 aliphatic heterocycles. The van der Waals surface area contributed by atoms with E-state index in [9.17, 15) is 0 Å². The summed E-state index contributed by atoms with van der Waals surface area (Å²) in [6, 6.07) is 6.50. The first-order chi connectivity index (χ1) is 7.72. The molecule has 0 aliphatic carbocycles. The summed E-state index contributed by atoms with van der Waals surface area (Å²) in [7, 11) is 0. The van der Waals surface area contributed by atoms with E-state index in [-0.39, 0.29) is 6.04 Å². The molecule has 0 spiro atoms. The number of hydrogen-bond donors (Lipinski definition) is 1. The second kappa shape index (κ2) is 5.17. The van der Waals surface area contributed by atoms with Crippen molar-refractivity contribution in [3.05, 3.63) is 44.4 Å². The minimum absolute atomic E-state index is 0.236. The fourth-order valence-electron chi connectivity index (χ4n) is 1.75. The smallest absolute Gasteiger partial charge is 0.105 e. The molecule has 0 saturated heterocycles. The van der Waals surface area contributed by atoms with Crippen molar-refractivity contribution >= 4 is 27.3 Å². The van der Waals surface area contributed by atoms with Gasteiger partial charge in [-0.2, -0.15) is 0 Å². The Bertz CT molecular complexity index is 463. The van der Waals surface area contributed by atoms with Gasteiger partial charge in [-0.3, -0.25) is 0 Å². The Morgan fingerprint density at radius 3 is 2.75 bits per heavy atom. The van der Waals surface area contributed by atoms with E-state index in [0.29, 0.717) is 0 Å². The van der Waals surface area contributed by atoms with Crippen LogP contribution in [0.5, 0.6) is 0 Å². The Balaban J connectivity index is 2.34. The van der Waals surface area contributed by atoms with Crippen molar-refractivity contribution in [3.63, 3.8) is 0 Å². The van der Waals surface area contributed by atoms with E-state index >= 15 is 0 Å². The topological polar surface area (TPSA) is 25.2 Å². The molecule has 0 radical (unpaired) electrons. The molecular formula is C12H14BrNOS. The Morgan fingerprint density at radius 1 is 1.44 bits per heavy atom. The summed E-state index contributed by atoms with van der Waals surface area (Å²) in [6.07, 6.45) is 1.75. The first kappa shape index (κ1) is 11.9. The third-order valence-electron chi connectivity index (χ3n) is 2.50. The predicted molar refractivity (Wildman–Crippen MR) is 71.0 cm³/mol. The summed E-state index contributed by atoms with van der Waals surface area (Å²) in [6.45, 7) is 5.05. The van der Waals surface area contributed by atoms with Gasteiger partial charge in [0.1, 0.15) is 5.76 Å². The molecule has 1 unspecified atom stereocenters. The summed E-state index contributed by atoms with van der Waals surface area (Å²) in [5.41, 5.74) is 1.22. The second-order valence-corrected chi connectivity index (χ2v) is 6.06. The molecule has 1 atom stereocenters. The molecule has 86 valence electrons. The molecule has 0 aliphatic rings. The van der Waals surface area contributed by atoms with E-state index in [0.717, 1.165) is 16.1 Å². The zero-order valence-electron chi connectivity index (χ0n) is 9.29. The lowest BCUT2D eigenvalue weighted by atomic mass is 10.1. The molecule has 0 aromatic carbocycles. The lowest BCUT2D eigenvalue weighted by Gasteiger charge is -2.15. The Labute approximate surface area is 108 Å². The Hall–Kier alpha value is -0.580. The zero-order valence-corrected chi connectivity index (χ0v) is 11.7. The van der Waals surface area contributed by atoms with Crippen LogP contribution in [0.2, 0.25) is 0 Å². The molecule has 2 rings (SSSR count). The van der Waals surface area contributed by atoms with E-state index in [1.54, 1.807) is 17.6 Å². The summed E-state index contributed by atoms with van der Waals surface area (Å²) < 4.78 is 6.53. The molecule has 16 heavy (non-hydrogen) atoms. The lowest BCUT2D eigenvalue weighted by molar-refractivity contribution is 0.521. The monoisotopic (exact) mass is 299 g/mol. The molecule has 2 heterocycles. The van der Waals surface area contributed by atoms with Crippen molar-refractivity contribution in [2.24, 2.45) is 0 Å². The van der Waals surface area contributed by atoms with Crippen molar-refractivity contribution in [2.75, 3.05) is 6.54 Å². The normalized spacial score (nSPS) is 12.9. The van der Waals surface area contributed by atoms with Gasteiger partial charge in [0.15, 0.2) is 0 Å². The highest BCUT2D eigenvalue weighted by Crippen LogP contribution is 2.32. The fraction of sp³-hybridized carbons (Fsp3) is 0.333. The third kappa shape index (κ3) is 2.39. The summed E-state index contributed by atoms with van der Waals surface area (Å²) >= 11 is 5.26.